The SMILES string of the molecule is COCCN(C(C)C)S(=O)(=O)c1c[nH]c(CNC(C)C)c1. The summed E-state index contributed by atoms with van der Waals surface area (Å²) in [6.45, 7) is 9.16. The molecule has 0 aliphatic rings. The Morgan fingerprint density at radius 2 is 2.00 bits per heavy atom. The molecule has 0 unspecified atom stereocenters. The Morgan fingerprint density at radius 1 is 1.33 bits per heavy atom. The Morgan fingerprint density at radius 3 is 2.52 bits per heavy atom. The van der Waals surface area contributed by atoms with E-state index >= 15 is 0 Å². The highest BCUT2D eigenvalue weighted by Crippen LogP contribution is 2.19. The van der Waals surface area contributed by atoms with Crippen molar-refractivity contribution in [1.29, 1.82) is 0 Å². The van der Waals surface area contributed by atoms with Gasteiger partial charge in [0.05, 0.1) is 11.5 Å². The van der Waals surface area contributed by atoms with Crippen molar-refractivity contribution in [3.05, 3.63) is 18.0 Å². The van der Waals surface area contributed by atoms with Gasteiger partial charge in [0, 0.05) is 44.2 Å². The van der Waals surface area contributed by atoms with Gasteiger partial charge in [0.15, 0.2) is 0 Å². The summed E-state index contributed by atoms with van der Waals surface area (Å²) in [4.78, 5) is 3.32. The third-order valence-corrected chi connectivity index (χ3v) is 5.17. The summed E-state index contributed by atoms with van der Waals surface area (Å²) in [6.07, 6.45) is 1.55. The maximum atomic E-state index is 12.7. The molecule has 1 aromatic heterocycles. The van der Waals surface area contributed by atoms with E-state index in [1.165, 1.54) is 4.31 Å². The van der Waals surface area contributed by atoms with E-state index in [1.54, 1.807) is 19.4 Å². The Hall–Kier alpha value is -0.890. The lowest BCUT2D eigenvalue weighted by Gasteiger charge is -2.24. The van der Waals surface area contributed by atoms with Crippen LogP contribution in [0.1, 0.15) is 33.4 Å². The minimum atomic E-state index is -3.50. The van der Waals surface area contributed by atoms with Gasteiger partial charge in [-0.25, -0.2) is 8.42 Å². The summed E-state index contributed by atoms with van der Waals surface area (Å²) in [5.41, 5.74) is 0.859. The molecule has 122 valence electrons. The molecule has 1 heterocycles. The number of sulfonamides is 1. The molecule has 2 N–H and O–H groups in total. The number of rotatable bonds is 9. The average Bonchev–Trinajstić information content (AvgIpc) is 2.85. The zero-order valence-electron chi connectivity index (χ0n) is 13.5. The van der Waals surface area contributed by atoms with E-state index in [-0.39, 0.29) is 6.04 Å². The van der Waals surface area contributed by atoms with Crippen molar-refractivity contribution in [1.82, 2.24) is 14.6 Å². The van der Waals surface area contributed by atoms with Gasteiger partial charge in [0.1, 0.15) is 0 Å². The van der Waals surface area contributed by atoms with Crippen LogP contribution < -0.4 is 5.32 Å². The van der Waals surface area contributed by atoms with E-state index in [1.807, 2.05) is 27.7 Å². The number of nitrogens with zero attached hydrogens (tertiary/aromatic N) is 1. The summed E-state index contributed by atoms with van der Waals surface area (Å²) < 4.78 is 31.8. The van der Waals surface area contributed by atoms with Crippen LogP contribution in [0, 0.1) is 0 Å². The Labute approximate surface area is 127 Å². The summed E-state index contributed by atoms with van der Waals surface area (Å²) in [6, 6.07) is 1.92. The molecular weight excluding hydrogens is 290 g/mol. The number of ether oxygens (including phenoxy) is 1. The Kier molecular flexibility index (Phi) is 6.86. The number of aromatic amines is 1. The highest BCUT2D eigenvalue weighted by atomic mass is 32.2. The first-order valence-electron chi connectivity index (χ1n) is 7.20. The predicted molar refractivity (Wildman–Crippen MR) is 83.7 cm³/mol. The molecule has 0 radical (unpaired) electrons. The van der Waals surface area contributed by atoms with Crippen LogP contribution in [-0.4, -0.2) is 50.1 Å². The molecular formula is C14H27N3O3S. The number of hydrogen-bond acceptors (Lipinski definition) is 4. The second kappa shape index (κ2) is 7.93. The van der Waals surface area contributed by atoms with Gasteiger partial charge in [0.25, 0.3) is 0 Å². The van der Waals surface area contributed by atoms with Gasteiger partial charge in [-0.1, -0.05) is 13.8 Å². The maximum Gasteiger partial charge on any atom is 0.244 e. The third kappa shape index (κ3) is 5.10. The van der Waals surface area contributed by atoms with E-state index in [4.69, 9.17) is 4.74 Å². The molecule has 7 heteroatoms. The lowest BCUT2D eigenvalue weighted by Crippen LogP contribution is -2.39. The second-order valence-corrected chi connectivity index (χ2v) is 7.49. The molecule has 1 aromatic rings. The highest BCUT2D eigenvalue weighted by molar-refractivity contribution is 7.89. The van der Waals surface area contributed by atoms with E-state index < -0.39 is 10.0 Å². The van der Waals surface area contributed by atoms with Crippen LogP contribution in [0.2, 0.25) is 0 Å². The molecule has 6 nitrogen and oxygen atoms in total. The van der Waals surface area contributed by atoms with Crippen molar-refractivity contribution in [2.24, 2.45) is 0 Å². The first-order valence-corrected chi connectivity index (χ1v) is 8.64. The maximum absolute atomic E-state index is 12.7. The lowest BCUT2D eigenvalue weighted by atomic mass is 10.3. The van der Waals surface area contributed by atoms with Crippen LogP contribution in [0.15, 0.2) is 17.2 Å². The Balaban J connectivity index is 2.89. The average molecular weight is 317 g/mol. The van der Waals surface area contributed by atoms with Crippen molar-refractivity contribution in [2.75, 3.05) is 20.3 Å². The quantitative estimate of drug-likeness (QED) is 0.725. The third-order valence-electron chi connectivity index (χ3n) is 3.12. The van der Waals surface area contributed by atoms with Crippen LogP contribution >= 0.6 is 0 Å². The zero-order valence-corrected chi connectivity index (χ0v) is 14.3. The van der Waals surface area contributed by atoms with Crippen LogP contribution in [-0.2, 0) is 21.3 Å². The van der Waals surface area contributed by atoms with Gasteiger partial charge in [-0.15, -0.1) is 0 Å². The molecule has 0 aliphatic heterocycles. The van der Waals surface area contributed by atoms with Crippen LogP contribution in [0.5, 0.6) is 0 Å². The lowest BCUT2D eigenvalue weighted by molar-refractivity contribution is 0.171. The normalized spacial score (nSPS) is 12.8. The molecule has 21 heavy (non-hydrogen) atoms. The van der Waals surface area contributed by atoms with Gasteiger partial charge in [-0.05, 0) is 19.9 Å². The van der Waals surface area contributed by atoms with Crippen molar-refractivity contribution in [3.63, 3.8) is 0 Å². The standard InChI is InChI=1S/C14H27N3O3S/c1-11(2)15-9-13-8-14(10-16-13)21(18,19)17(12(3)4)6-7-20-5/h8,10-12,15-16H,6-7,9H2,1-5H3. The molecule has 0 saturated carbocycles. The van der Waals surface area contributed by atoms with E-state index in [2.05, 4.69) is 10.3 Å². The van der Waals surface area contributed by atoms with Crippen molar-refractivity contribution in [3.8, 4) is 0 Å². The van der Waals surface area contributed by atoms with Gasteiger partial charge in [-0.3, -0.25) is 0 Å². The van der Waals surface area contributed by atoms with Gasteiger partial charge in [0.2, 0.25) is 10.0 Å². The van der Waals surface area contributed by atoms with Crippen molar-refractivity contribution in [2.45, 2.75) is 51.2 Å². The zero-order chi connectivity index (χ0) is 16.0. The molecule has 0 atom stereocenters. The van der Waals surface area contributed by atoms with E-state index in [0.717, 1.165) is 5.69 Å². The number of nitrogens with one attached hydrogen (secondary N) is 2. The monoisotopic (exact) mass is 317 g/mol. The summed E-state index contributed by atoms with van der Waals surface area (Å²) in [5, 5.41) is 3.25. The first-order chi connectivity index (χ1) is 9.78. The summed E-state index contributed by atoms with van der Waals surface area (Å²) in [5.74, 6) is 0. The smallest absolute Gasteiger partial charge is 0.244 e. The largest absolute Gasteiger partial charge is 0.383 e. The van der Waals surface area contributed by atoms with Gasteiger partial charge < -0.3 is 15.0 Å². The first kappa shape index (κ1) is 18.2. The number of H-pyrrole nitrogens is 1. The Bertz CT molecular complexity index is 523. The minimum absolute atomic E-state index is 0.114. The van der Waals surface area contributed by atoms with Gasteiger partial charge >= 0.3 is 0 Å². The highest BCUT2D eigenvalue weighted by Gasteiger charge is 2.27. The molecule has 0 saturated heterocycles. The van der Waals surface area contributed by atoms with E-state index in [0.29, 0.717) is 30.6 Å². The minimum Gasteiger partial charge on any atom is -0.383 e. The van der Waals surface area contributed by atoms with Crippen molar-refractivity contribution < 1.29 is 13.2 Å². The predicted octanol–water partition coefficient (Wildman–Crippen LogP) is 1.56. The number of hydrogen-bond donors (Lipinski definition) is 2. The van der Waals surface area contributed by atoms with Crippen LogP contribution in [0.4, 0.5) is 0 Å². The molecule has 0 aromatic carbocycles. The fourth-order valence-electron chi connectivity index (χ4n) is 1.96. The fraction of sp³-hybridized carbons (Fsp3) is 0.714. The molecule has 1 rings (SSSR count). The van der Waals surface area contributed by atoms with Gasteiger partial charge in [-0.2, -0.15) is 4.31 Å². The topological polar surface area (TPSA) is 74.4 Å². The fourth-order valence-corrected chi connectivity index (χ4v) is 3.60. The summed E-state index contributed by atoms with van der Waals surface area (Å²) >= 11 is 0. The van der Waals surface area contributed by atoms with Crippen LogP contribution in [0.25, 0.3) is 0 Å². The van der Waals surface area contributed by atoms with Crippen molar-refractivity contribution >= 4 is 10.0 Å². The number of methoxy groups -OCH3 is 1. The molecule has 0 spiro atoms. The molecule has 0 bridgehead atoms. The molecule has 0 amide bonds. The summed E-state index contributed by atoms with van der Waals surface area (Å²) in [7, 11) is -1.93. The number of aromatic nitrogens is 1. The van der Waals surface area contributed by atoms with E-state index in [9.17, 15) is 8.42 Å². The molecule has 0 aliphatic carbocycles. The second-order valence-electron chi connectivity index (χ2n) is 5.60. The van der Waals surface area contributed by atoms with Crippen LogP contribution in [0.3, 0.4) is 0 Å². The molecule has 0 fully saturated rings.